The first-order valence-corrected chi connectivity index (χ1v) is 6.88. The molecule has 2 aromatic rings. The van der Waals surface area contributed by atoms with Crippen molar-refractivity contribution in [2.75, 3.05) is 11.9 Å². The molecular formula is C17H15NO5. The van der Waals surface area contributed by atoms with E-state index in [1.807, 2.05) is 6.07 Å². The van der Waals surface area contributed by atoms with E-state index in [2.05, 4.69) is 5.32 Å². The van der Waals surface area contributed by atoms with E-state index in [1.165, 1.54) is 12.1 Å². The Kier molecular flexibility index (Phi) is 5.46. The zero-order valence-electron chi connectivity index (χ0n) is 12.2. The summed E-state index contributed by atoms with van der Waals surface area (Å²) in [6, 6.07) is 15.2. The number of hydrogen-bond donors (Lipinski definition) is 2. The Labute approximate surface area is 132 Å². The summed E-state index contributed by atoms with van der Waals surface area (Å²) in [5, 5.41) is 11.3. The number of anilines is 1. The summed E-state index contributed by atoms with van der Waals surface area (Å²) in [7, 11) is 0. The molecule has 0 amide bonds. The largest absolute Gasteiger partial charge is 0.480 e. The molecule has 0 aliphatic heterocycles. The number of para-hydroxylation sites is 1. The van der Waals surface area contributed by atoms with Crippen LogP contribution >= 0.6 is 0 Å². The summed E-state index contributed by atoms with van der Waals surface area (Å²) in [6.07, 6.45) is 0. The third-order valence-electron chi connectivity index (χ3n) is 3.00. The van der Waals surface area contributed by atoms with Gasteiger partial charge in [0, 0.05) is 5.69 Å². The number of benzene rings is 2. The van der Waals surface area contributed by atoms with Crippen molar-refractivity contribution < 1.29 is 24.2 Å². The molecule has 0 atom stereocenters. The van der Waals surface area contributed by atoms with E-state index in [-0.39, 0.29) is 24.4 Å². The van der Waals surface area contributed by atoms with Crippen LogP contribution in [0.25, 0.3) is 0 Å². The van der Waals surface area contributed by atoms with Crippen molar-refractivity contribution in [2.24, 2.45) is 0 Å². The highest BCUT2D eigenvalue weighted by Gasteiger charge is 2.21. The van der Waals surface area contributed by atoms with Gasteiger partial charge in [-0.15, -0.1) is 0 Å². The van der Waals surface area contributed by atoms with Crippen molar-refractivity contribution in [2.45, 2.75) is 6.61 Å². The number of ketones is 1. The second kappa shape index (κ2) is 7.74. The topological polar surface area (TPSA) is 92.7 Å². The number of rotatable bonds is 7. The SMILES string of the molecule is O=C(O)CNc1ccccc1C(=O)C(=O)OCc1ccccc1. The van der Waals surface area contributed by atoms with E-state index in [0.717, 1.165) is 5.56 Å². The molecule has 23 heavy (non-hydrogen) atoms. The molecule has 6 heteroatoms. The lowest BCUT2D eigenvalue weighted by atomic mass is 10.1. The maximum atomic E-state index is 12.2. The minimum absolute atomic E-state index is 0.00383. The molecule has 0 spiro atoms. The molecule has 2 N–H and O–H groups in total. The van der Waals surface area contributed by atoms with Gasteiger partial charge in [0.1, 0.15) is 13.2 Å². The van der Waals surface area contributed by atoms with Gasteiger partial charge in [0.25, 0.3) is 5.78 Å². The molecule has 0 saturated carbocycles. The highest BCUT2D eigenvalue weighted by Crippen LogP contribution is 2.16. The molecule has 0 bridgehead atoms. The fourth-order valence-corrected chi connectivity index (χ4v) is 1.90. The van der Waals surface area contributed by atoms with Crippen LogP contribution in [0.3, 0.4) is 0 Å². The van der Waals surface area contributed by atoms with Crippen LogP contribution in [0.4, 0.5) is 5.69 Å². The molecule has 0 radical (unpaired) electrons. The molecular weight excluding hydrogens is 298 g/mol. The molecule has 0 saturated heterocycles. The molecule has 0 fully saturated rings. The van der Waals surface area contributed by atoms with E-state index >= 15 is 0 Å². The van der Waals surface area contributed by atoms with E-state index in [1.54, 1.807) is 36.4 Å². The fourth-order valence-electron chi connectivity index (χ4n) is 1.90. The van der Waals surface area contributed by atoms with Gasteiger partial charge in [-0.1, -0.05) is 42.5 Å². The van der Waals surface area contributed by atoms with E-state index < -0.39 is 17.7 Å². The van der Waals surface area contributed by atoms with Gasteiger partial charge in [-0.05, 0) is 17.7 Å². The molecule has 0 unspecified atom stereocenters. The lowest BCUT2D eigenvalue weighted by Gasteiger charge is -2.09. The monoisotopic (exact) mass is 313 g/mol. The lowest BCUT2D eigenvalue weighted by Crippen LogP contribution is -2.20. The molecule has 118 valence electrons. The smallest absolute Gasteiger partial charge is 0.380 e. The molecule has 6 nitrogen and oxygen atoms in total. The average Bonchev–Trinajstić information content (AvgIpc) is 2.58. The lowest BCUT2D eigenvalue weighted by molar-refractivity contribution is -0.139. The Morgan fingerprint density at radius 1 is 0.957 bits per heavy atom. The number of nitrogens with one attached hydrogen (secondary N) is 1. The van der Waals surface area contributed by atoms with Gasteiger partial charge in [0.05, 0.1) is 5.56 Å². The van der Waals surface area contributed by atoms with Crippen molar-refractivity contribution in [1.29, 1.82) is 0 Å². The van der Waals surface area contributed by atoms with Crippen LogP contribution in [-0.2, 0) is 20.9 Å². The molecule has 2 aromatic carbocycles. The van der Waals surface area contributed by atoms with Gasteiger partial charge in [-0.25, -0.2) is 4.79 Å². The van der Waals surface area contributed by atoms with Crippen molar-refractivity contribution >= 4 is 23.4 Å². The van der Waals surface area contributed by atoms with Crippen LogP contribution in [0.5, 0.6) is 0 Å². The zero-order chi connectivity index (χ0) is 16.7. The van der Waals surface area contributed by atoms with Gasteiger partial charge < -0.3 is 15.2 Å². The van der Waals surface area contributed by atoms with E-state index in [9.17, 15) is 14.4 Å². The van der Waals surface area contributed by atoms with Crippen LogP contribution in [0, 0.1) is 0 Å². The van der Waals surface area contributed by atoms with E-state index in [4.69, 9.17) is 9.84 Å². The Morgan fingerprint density at radius 3 is 2.30 bits per heavy atom. The Hall–Kier alpha value is -3.15. The Bertz CT molecular complexity index is 712. The zero-order valence-corrected chi connectivity index (χ0v) is 12.2. The molecule has 0 aliphatic rings. The number of hydrogen-bond acceptors (Lipinski definition) is 5. The number of Topliss-reactive ketones (excluding diaryl/α,β-unsaturated/α-hetero) is 1. The third-order valence-corrected chi connectivity index (χ3v) is 3.00. The van der Waals surface area contributed by atoms with Gasteiger partial charge in [-0.2, -0.15) is 0 Å². The average molecular weight is 313 g/mol. The maximum Gasteiger partial charge on any atom is 0.380 e. The predicted molar refractivity (Wildman–Crippen MR) is 83.1 cm³/mol. The highest BCUT2D eigenvalue weighted by atomic mass is 16.5. The number of esters is 1. The van der Waals surface area contributed by atoms with Gasteiger partial charge >= 0.3 is 11.9 Å². The van der Waals surface area contributed by atoms with Crippen LogP contribution < -0.4 is 5.32 Å². The Balaban J connectivity index is 2.04. The van der Waals surface area contributed by atoms with Crippen molar-refractivity contribution in [3.8, 4) is 0 Å². The summed E-state index contributed by atoms with van der Waals surface area (Å²) >= 11 is 0. The molecule has 0 aliphatic carbocycles. The van der Waals surface area contributed by atoms with E-state index in [0.29, 0.717) is 0 Å². The second-order valence-corrected chi connectivity index (χ2v) is 4.68. The molecule has 2 rings (SSSR count). The number of aliphatic carboxylic acids is 1. The quantitative estimate of drug-likeness (QED) is 0.462. The van der Waals surface area contributed by atoms with Crippen LogP contribution in [0.1, 0.15) is 15.9 Å². The standard InChI is InChI=1S/C17H15NO5/c19-15(20)10-18-14-9-5-4-8-13(14)16(21)17(22)23-11-12-6-2-1-3-7-12/h1-9,18H,10-11H2,(H,19,20). The maximum absolute atomic E-state index is 12.2. The van der Waals surface area contributed by atoms with Crippen LogP contribution in [-0.4, -0.2) is 29.4 Å². The van der Waals surface area contributed by atoms with Gasteiger partial charge in [0.2, 0.25) is 0 Å². The third kappa shape index (κ3) is 4.67. The first kappa shape index (κ1) is 16.2. The first-order chi connectivity index (χ1) is 11.1. The predicted octanol–water partition coefficient (Wildman–Crippen LogP) is 2.11. The number of ether oxygens (including phenoxy) is 1. The van der Waals surface area contributed by atoms with Crippen molar-refractivity contribution in [3.63, 3.8) is 0 Å². The Morgan fingerprint density at radius 2 is 1.61 bits per heavy atom. The minimum atomic E-state index is -1.07. The van der Waals surface area contributed by atoms with Crippen LogP contribution in [0.15, 0.2) is 54.6 Å². The minimum Gasteiger partial charge on any atom is -0.480 e. The fraction of sp³-hybridized carbons (Fsp3) is 0.118. The second-order valence-electron chi connectivity index (χ2n) is 4.68. The number of carboxylic acid groups (broad SMARTS) is 1. The normalized spacial score (nSPS) is 9.91. The molecule has 0 aromatic heterocycles. The summed E-state index contributed by atoms with van der Waals surface area (Å²) in [6.45, 7) is -0.362. The summed E-state index contributed by atoms with van der Waals surface area (Å²) in [5.41, 5.74) is 1.12. The van der Waals surface area contributed by atoms with Crippen LogP contribution in [0.2, 0.25) is 0 Å². The molecule has 0 heterocycles. The first-order valence-electron chi connectivity index (χ1n) is 6.88. The number of carboxylic acids is 1. The number of carbonyl (C=O) groups is 3. The van der Waals surface area contributed by atoms with Crippen molar-refractivity contribution in [1.82, 2.24) is 0 Å². The van der Waals surface area contributed by atoms with Gasteiger partial charge in [-0.3, -0.25) is 9.59 Å². The van der Waals surface area contributed by atoms with Crippen molar-refractivity contribution in [3.05, 3.63) is 65.7 Å². The summed E-state index contributed by atoms with van der Waals surface area (Å²) in [5.74, 6) is -2.88. The summed E-state index contributed by atoms with van der Waals surface area (Å²) in [4.78, 5) is 34.7. The number of carbonyl (C=O) groups excluding carboxylic acids is 2. The summed E-state index contributed by atoms with van der Waals surface area (Å²) < 4.78 is 4.99. The van der Waals surface area contributed by atoms with Gasteiger partial charge in [0.15, 0.2) is 0 Å². The highest BCUT2D eigenvalue weighted by molar-refractivity contribution is 6.41.